The molecule has 1 N–H and O–H groups in total. The summed E-state index contributed by atoms with van der Waals surface area (Å²) in [5.41, 5.74) is 2.71. The average Bonchev–Trinajstić information content (AvgIpc) is 3.31. The first-order chi connectivity index (χ1) is 14.3. The molecule has 1 aliphatic heterocycles. The molecular formula is C20H20N4O4S2. The maximum Gasteiger partial charge on any atom is 0.293 e. The van der Waals surface area contributed by atoms with Crippen molar-refractivity contribution in [2.75, 3.05) is 16.2 Å². The molecule has 0 saturated carbocycles. The van der Waals surface area contributed by atoms with Gasteiger partial charge >= 0.3 is 0 Å². The molecule has 156 valence electrons. The predicted molar refractivity (Wildman–Crippen MR) is 114 cm³/mol. The lowest BCUT2D eigenvalue weighted by Crippen LogP contribution is -2.35. The number of carbonyl (C=O) groups is 1. The molecule has 0 fully saturated rings. The minimum absolute atomic E-state index is 0.103. The summed E-state index contributed by atoms with van der Waals surface area (Å²) in [6.45, 7) is 3.59. The Balaban J connectivity index is 1.44. The number of sulfonamides is 1. The zero-order valence-electron chi connectivity index (χ0n) is 16.4. The highest BCUT2D eigenvalue weighted by Gasteiger charge is 2.38. The number of nitrogens with zero attached hydrogens (tertiary/aromatic N) is 3. The number of nitrogens with one attached hydrogen (secondary N) is 1. The first-order valence-electron chi connectivity index (χ1n) is 9.30. The first-order valence-corrected chi connectivity index (χ1v) is 11.6. The van der Waals surface area contributed by atoms with E-state index in [0.29, 0.717) is 17.9 Å². The standard InChI is InChI=1S/C20H20N4O4S2/c1-13-7-9-16(10-8-13)28-12-18(25)21-19-22-23-20(29-19)30(26,27)24-14(2)11-15-5-3-4-6-17(15)24/h3-10,14H,11-12H2,1-2H3,(H,21,22,25)/t14-/m0/s1. The number of amides is 1. The molecule has 0 radical (unpaired) electrons. The molecule has 10 heteroatoms. The van der Waals surface area contributed by atoms with Crippen LogP contribution < -0.4 is 14.4 Å². The zero-order chi connectivity index (χ0) is 21.3. The molecule has 1 amide bonds. The molecular weight excluding hydrogens is 424 g/mol. The summed E-state index contributed by atoms with van der Waals surface area (Å²) in [5.74, 6) is 0.119. The van der Waals surface area contributed by atoms with Crippen molar-refractivity contribution in [3.05, 3.63) is 59.7 Å². The third kappa shape index (κ3) is 4.01. The van der Waals surface area contributed by atoms with Gasteiger partial charge in [0.1, 0.15) is 5.75 Å². The lowest BCUT2D eigenvalue weighted by molar-refractivity contribution is -0.118. The topological polar surface area (TPSA) is 101 Å². The smallest absolute Gasteiger partial charge is 0.293 e. The SMILES string of the molecule is Cc1ccc(OCC(=O)Nc2nnc(S(=O)(=O)N3c4ccccc4C[C@@H]3C)s2)cc1. The van der Waals surface area contributed by atoms with Crippen molar-refractivity contribution in [3.63, 3.8) is 0 Å². The molecule has 0 saturated heterocycles. The van der Waals surface area contributed by atoms with Gasteiger partial charge in [-0.15, -0.1) is 10.2 Å². The zero-order valence-corrected chi connectivity index (χ0v) is 18.0. The van der Waals surface area contributed by atoms with Crippen molar-refractivity contribution >= 4 is 38.1 Å². The molecule has 3 aromatic rings. The maximum atomic E-state index is 13.1. The molecule has 4 rings (SSSR count). The van der Waals surface area contributed by atoms with Crippen molar-refractivity contribution < 1.29 is 17.9 Å². The number of fused-ring (bicyclic) bond motifs is 1. The van der Waals surface area contributed by atoms with E-state index < -0.39 is 15.9 Å². The van der Waals surface area contributed by atoms with Crippen LogP contribution in [0.1, 0.15) is 18.1 Å². The second-order valence-electron chi connectivity index (χ2n) is 7.01. The molecule has 2 aromatic carbocycles. The van der Waals surface area contributed by atoms with Crippen LogP contribution in [0.15, 0.2) is 52.9 Å². The average molecular weight is 445 g/mol. The van der Waals surface area contributed by atoms with Crippen molar-refractivity contribution in [2.24, 2.45) is 0 Å². The van der Waals surface area contributed by atoms with Crippen molar-refractivity contribution in [1.82, 2.24) is 10.2 Å². The van der Waals surface area contributed by atoms with Crippen LogP contribution in [0.3, 0.4) is 0 Å². The largest absolute Gasteiger partial charge is 0.484 e. The van der Waals surface area contributed by atoms with E-state index >= 15 is 0 Å². The van der Waals surface area contributed by atoms with E-state index in [1.54, 1.807) is 24.3 Å². The maximum absolute atomic E-state index is 13.1. The number of ether oxygens (including phenoxy) is 1. The number of para-hydroxylation sites is 1. The molecule has 1 aliphatic rings. The Hall–Kier alpha value is -2.98. The van der Waals surface area contributed by atoms with Crippen LogP contribution in [0.25, 0.3) is 0 Å². The second-order valence-corrected chi connectivity index (χ2v) is 9.97. The summed E-state index contributed by atoms with van der Waals surface area (Å²) in [7, 11) is -3.88. The van der Waals surface area contributed by atoms with Crippen LogP contribution in [0.5, 0.6) is 5.75 Å². The van der Waals surface area contributed by atoms with E-state index in [1.165, 1.54) is 4.31 Å². The van der Waals surface area contributed by atoms with Crippen LogP contribution in [0.4, 0.5) is 10.8 Å². The monoisotopic (exact) mass is 444 g/mol. The van der Waals surface area contributed by atoms with Gasteiger partial charge in [0.25, 0.3) is 20.3 Å². The normalized spacial score (nSPS) is 15.7. The summed E-state index contributed by atoms with van der Waals surface area (Å²) in [4.78, 5) is 12.1. The van der Waals surface area contributed by atoms with Gasteiger partial charge in [0.2, 0.25) is 5.13 Å². The van der Waals surface area contributed by atoms with Crippen LogP contribution in [0.2, 0.25) is 0 Å². The van der Waals surface area contributed by atoms with E-state index in [4.69, 9.17) is 4.74 Å². The third-order valence-corrected chi connectivity index (χ3v) is 7.78. The number of benzene rings is 2. The minimum atomic E-state index is -3.88. The Morgan fingerprint density at radius 2 is 1.93 bits per heavy atom. The fraction of sp³-hybridized carbons (Fsp3) is 0.250. The summed E-state index contributed by atoms with van der Waals surface area (Å²) >= 11 is 0.816. The van der Waals surface area contributed by atoms with Gasteiger partial charge in [0.15, 0.2) is 6.61 Å². The summed E-state index contributed by atoms with van der Waals surface area (Å²) in [6, 6.07) is 14.5. The molecule has 8 nitrogen and oxygen atoms in total. The van der Waals surface area contributed by atoms with Gasteiger partial charge in [-0.25, -0.2) is 0 Å². The summed E-state index contributed by atoms with van der Waals surface area (Å²) < 4.78 is 32.9. The lowest BCUT2D eigenvalue weighted by atomic mass is 10.1. The van der Waals surface area contributed by atoms with Gasteiger partial charge < -0.3 is 4.74 Å². The van der Waals surface area contributed by atoms with E-state index in [2.05, 4.69) is 15.5 Å². The Bertz CT molecular complexity index is 1180. The van der Waals surface area contributed by atoms with Crippen LogP contribution in [-0.4, -0.2) is 37.2 Å². The minimum Gasteiger partial charge on any atom is -0.484 e. The Morgan fingerprint density at radius 3 is 2.70 bits per heavy atom. The number of carbonyl (C=O) groups excluding carboxylic acids is 1. The Kier molecular flexibility index (Phi) is 5.44. The number of aromatic nitrogens is 2. The number of hydrogen-bond acceptors (Lipinski definition) is 7. The number of anilines is 2. The Morgan fingerprint density at radius 1 is 1.20 bits per heavy atom. The second kappa shape index (κ2) is 8.04. The number of hydrogen-bond donors (Lipinski definition) is 1. The fourth-order valence-electron chi connectivity index (χ4n) is 3.29. The summed E-state index contributed by atoms with van der Waals surface area (Å²) in [6.07, 6.45) is 0.633. The van der Waals surface area contributed by atoms with E-state index in [0.717, 1.165) is 22.5 Å². The first kappa shape index (κ1) is 20.3. The molecule has 1 aromatic heterocycles. The molecule has 1 atom stereocenters. The molecule has 0 spiro atoms. The molecule has 30 heavy (non-hydrogen) atoms. The van der Waals surface area contributed by atoms with Crippen molar-refractivity contribution in [2.45, 2.75) is 30.6 Å². The highest BCUT2D eigenvalue weighted by Crippen LogP contribution is 2.37. The molecule has 2 heterocycles. The van der Waals surface area contributed by atoms with Crippen molar-refractivity contribution in [1.29, 1.82) is 0 Å². The highest BCUT2D eigenvalue weighted by atomic mass is 32.2. The van der Waals surface area contributed by atoms with Gasteiger partial charge in [-0.3, -0.25) is 14.4 Å². The van der Waals surface area contributed by atoms with Gasteiger partial charge in [0, 0.05) is 6.04 Å². The number of aryl methyl sites for hydroxylation is 1. The van der Waals surface area contributed by atoms with Gasteiger partial charge in [-0.05, 0) is 44.0 Å². The summed E-state index contributed by atoms with van der Waals surface area (Å²) in [5, 5.41) is 10.3. The Labute approximate surface area is 178 Å². The van der Waals surface area contributed by atoms with E-state index in [-0.39, 0.29) is 22.1 Å². The van der Waals surface area contributed by atoms with E-state index in [1.807, 2.05) is 38.1 Å². The lowest BCUT2D eigenvalue weighted by Gasteiger charge is -2.22. The van der Waals surface area contributed by atoms with Crippen LogP contribution in [-0.2, 0) is 21.2 Å². The van der Waals surface area contributed by atoms with Crippen molar-refractivity contribution in [3.8, 4) is 5.75 Å². The third-order valence-electron chi connectivity index (χ3n) is 4.67. The van der Waals surface area contributed by atoms with Gasteiger partial charge in [0.05, 0.1) is 5.69 Å². The highest BCUT2D eigenvalue weighted by molar-refractivity contribution is 7.94. The van der Waals surface area contributed by atoms with E-state index in [9.17, 15) is 13.2 Å². The van der Waals surface area contributed by atoms with Crippen LogP contribution >= 0.6 is 11.3 Å². The molecule has 0 bridgehead atoms. The number of rotatable bonds is 6. The molecule has 0 aliphatic carbocycles. The van der Waals surface area contributed by atoms with Crippen LogP contribution in [0, 0.1) is 6.92 Å². The van der Waals surface area contributed by atoms with Gasteiger partial charge in [-0.2, -0.15) is 8.42 Å². The predicted octanol–water partition coefficient (Wildman–Crippen LogP) is 3.00. The fourth-order valence-corrected chi connectivity index (χ4v) is 5.98. The molecule has 0 unspecified atom stereocenters. The van der Waals surface area contributed by atoms with Gasteiger partial charge in [-0.1, -0.05) is 47.2 Å². The quantitative estimate of drug-likeness (QED) is 0.587.